The topological polar surface area (TPSA) is 87.7 Å². The molecule has 2 heterocycles. The first-order chi connectivity index (χ1) is 16.6. The summed E-state index contributed by atoms with van der Waals surface area (Å²) in [6, 6.07) is 9.27. The number of carbonyl (C=O) groups excluding carboxylic acids is 3. The van der Waals surface area contributed by atoms with Gasteiger partial charge in [-0.2, -0.15) is 0 Å². The Hall–Kier alpha value is -3.42. The number of nitrogens with one attached hydrogen (secondary N) is 2. The van der Waals surface area contributed by atoms with Gasteiger partial charge in [0.1, 0.15) is 17.6 Å². The van der Waals surface area contributed by atoms with E-state index in [2.05, 4.69) is 10.6 Å². The highest BCUT2D eigenvalue weighted by molar-refractivity contribution is 5.98. The molecule has 0 saturated carbocycles. The van der Waals surface area contributed by atoms with Crippen molar-refractivity contribution in [1.82, 2.24) is 10.2 Å². The molecule has 2 N–H and O–H groups in total. The molecule has 3 amide bonds. The van der Waals surface area contributed by atoms with Crippen LogP contribution in [-0.2, 0) is 26.2 Å². The van der Waals surface area contributed by atoms with E-state index in [0.29, 0.717) is 42.9 Å². The van der Waals surface area contributed by atoms with Crippen LogP contribution in [0, 0.1) is 11.7 Å². The lowest BCUT2D eigenvalue weighted by atomic mass is 9.86. The number of fused-ring (bicyclic) bond motifs is 1. The lowest BCUT2D eigenvalue weighted by Gasteiger charge is -2.37. The van der Waals surface area contributed by atoms with Crippen LogP contribution < -0.4 is 15.4 Å². The molecular formula is C27H32FN3O4. The Labute approximate surface area is 205 Å². The predicted molar refractivity (Wildman–Crippen MR) is 131 cm³/mol. The molecule has 7 nitrogen and oxygen atoms in total. The number of amides is 3. The minimum Gasteiger partial charge on any atom is -0.497 e. The summed E-state index contributed by atoms with van der Waals surface area (Å²) in [5.41, 5.74) is 2.17. The summed E-state index contributed by atoms with van der Waals surface area (Å²) in [6.45, 7) is 6.60. The second-order valence-corrected chi connectivity index (χ2v) is 10.3. The van der Waals surface area contributed by atoms with E-state index in [4.69, 9.17) is 4.74 Å². The Bertz CT molecular complexity index is 1160. The molecule has 186 valence electrons. The van der Waals surface area contributed by atoms with Crippen LogP contribution in [0.1, 0.15) is 56.3 Å². The molecule has 1 saturated heterocycles. The maximum atomic E-state index is 14.8. The molecule has 35 heavy (non-hydrogen) atoms. The first-order valence-electron chi connectivity index (χ1n) is 11.9. The Morgan fingerprint density at radius 3 is 2.60 bits per heavy atom. The zero-order valence-electron chi connectivity index (χ0n) is 20.6. The molecule has 0 spiro atoms. The Morgan fingerprint density at radius 1 is 1.20 bits per heavy atom. The summed E-state index contributed by atoms with van der Waals surface area (Å²) in [7, 11) is 1.58. The standard InChI is InChI=1S/C27H32FN3O4/c1-27(2,3)21-8-5-18(14-22(21)28)30-26(34)25-20-7-6-19(35-4)13-17(20)9-10-31(25)24(33)12-16-11-23(32)29-15-16/h5-8,13-14,16,25H,9-12,15H2,1-4H3,(H,29,32)(H,30,34)/t16?,25-/m1/s1. The maximum Gasteiger partial charge on any atom is 0.251 e. The predicted octanol–water partition coefficient (Wildman–Crippen LogP) is 3.72. The molecule has 2 aliphatic heterocycles. The fourth-order valence-corrected chi connectivity index (χ4v) is 4.87. The third-order valence-corrected chi connectivity index (χ3v) is 6.72. The molecule has 1 fully saturated rings. The number of hydrogen-bond acceptors (Lipinski definition) is 4. The van der Waals surface area contributed by atoms with Gasteiger partial charge in [-0.1, -0.05) is 32.9 Å². The molecule has 2 atom stereocenters. The van der Waals surface area contributed by atoms with Crippen molar-refractivity contribution in [2.75, 3.05) is 25.5 Å². The van der Waals surface area contributed by atoms with E-state index in [1.54, 1.807) is 30.2 Å². The highest BCUT2D eigenvalue weighted by Gasteiger charge is 2.37. The van der Waals surface area contributed by atoms with E-state index < -0.39 is 17.8 Å². The SMILES string of the molecule is COc1ccc2c(c1)CCN(C(=O)CC1CNC(=O)C1)[C@H]2C(=O)Nc1ccc(C(C)(C)C)c(F)c1. The van der Waals surface area contributed by atoms with Crippen LogP contribution in [-0.4, -0.2) is 42.8 Å². The van der Waals surface area contributed by atoms with Crippen molar-refractivity contribution in [1.29, 1.82) is 0 Å². The van der Waals surface area contributed by atoms with Crippen LogP contribution in [0.4, 0.5) is 10.1 Å². The van der Waals surface area contributed by atoms with Gasteiger partial charge in [-0.15, -0.1) is 0 Å². The Kier molecular flexibility index (Phi) is 6.83. The molecule has 0 aromatic heterocycles. The number of hydrogen-bond donors (Lipinski definition) is 2. The fraction of sp³-hybridized carbons (Fsp3) is 0.444. The first-order valence-corrected chi connectivity index (χ1v) is 11.9. The largest absolute Gasteiger partial charge is 0.497 e. The van der Waals surface area contributed by atoms with Crippen LogP contribution in [0.2, 0.25) is 0 Å². The van der Waals surface area contributed by atoms with Crippen LogP contribution in [0.15, 0.2) is 36.4 Å². The zero-order valence-corrected chi connectivity index (χ0v) is 20.6. The van der Waals surface area contributed by atoms with Crippen molar-refractivity contribution >= 4 is 23.4 Å². The molecule has 0 aliphatic carbocycles. The average Bonchev–Trinajstić information content (AvgIpc) is 3.21. The van der Waals surface area contributed by atoms with Gasteiger partial charge in [0, 0.05) is 31.6 Å². The van der Waals surface area contributed by atoms with E-state index in [9.17, 15) is 18.8 Å². The van der Waals surface area contributed by atoms with Gasteiger partial charge in [0.2, 0.25) is 11.8 Å². The monoisotopic (exact) mass is 481 g/mol. The quantitative estimate of drug-likeness (QED) is 0.681. The molecule has 0 radical (unpaired) electrons. The molecular weight excluding hydrogens is 449 g/mol. The molecule has 2 aromatic carbocycles. The zero-order chi connectivity index (χ0) is 25.3. The van der Waals surface area contributed by atoms with Crippen molar-refractivity contribution in [3.63, 3.8) is 0 Å². The summed E-state index contributed by atoms with van der Waals surface area (Å²) < 4.78 is 20.1. The third-order valence-electron chi connectivity index (χ3n) is 6.72. The third kappa shape index (κ3) is 5.31. The normalized spacial score (nSPS) is 19.7. The van der Waals surface area contributed by atoms with Crippen molar-refractivity contribution in [3.05, 3.63) is 58.9 Å². The summed E-state index contributed by atoms with van der Waals surface area (Å²) in [5.74, 6) is -0.451. The number of carbonyl (C=O) groups is 3. The minimum atomic E-state index is -0.868. The molecule has 2 aliphatic rings. The van der Waals surface area contributed by atoms with Crippen molar-refractivity contribution in [3.8, 4) is 5.75 Å². The summed E-state index contributed by atoms with van der Waals surface area (Å²) in [4.78, 5) is 40.0. The van der Waals surface area contributed by atoms with Gasteiger partial charge in [-0.05, 0) is 58.7 Å². The number of benzene rings is 2. The van der Waals surface area contributed by atoms with Crippen LogP contribution >= 0.6 is 0 Å². The fourth-order valence-electron chi connectivity index (χ4n) is 4.87. The van der Waals surface area contributed by atoms with Gasteiger partial charge in [-0.25, -0.2) is 4.39 Å². The number of nitrogens with zero attached hydrogens (tertiary/aromatic N) is 1. The van der Waals surface area contributed by atoms with E-state index >= 15 is 0 Å². The van der Waals surface area contributed by atoms with Gasteiger partial charge in [0.05, 0.1) is 7.11 Å². The average molecular weight is 482 g/mol. The van der Waals surface area contributed by atoms with E-state index in [-0.39, 0.29) is 29.6 Å². The van der Waals surface area contributed by atoms with Gasteiger partial charge in [0.15, 0.2) is 0 Å². The second-order valence-electron chi connectivity index (χ2n) is 10.3. The highest BCUT2D eigenvalue weighted by atomic mass is 19.1. The second kappa shape index (κ2) is 9.68. The van der Waals surface area contributed by atoms with Crippen molar-refractivity contribution in [2.45, 2.75) is 51.5 Å². The van der Waals surface area contributed by atoms with Gasteiger partial charge in [0.25, 0.3) is 5.91 Å². The molecule has 8 heteroatoms. The van der Waals surface area contributed by atoms with Gasteiger partial charge >= 0.3 is 0 Å². The van der Waals surface area contributed by atoms with E-state index in [0.717, 1.165) is 11.1 Å². The Morgan fingerprint density at radius 2 is 1.97 bits per heavy atom. The van der Waals surface area contributed by atoms with Crippen molar-refractivity contribution < 1.29 is 23.5 Å². The Balaban J connectivity index is 1.62. The van der Waals surface area contributed by atoms with Crippen LogP contribution in [0.5, 0.6) is 5.75 Å². The van der Waals surface area contributed by atoms with Crippen LogP contribution in [0.3, 0.4) is 0 Å². The molecule has 0 bridgehead atoms. The van der Waals surface area contributed by atoms with Crippen LogP contribution in [0.25, 0.3) is 0 Å². The maximum absolute atomic E-state index is 14.8. The summed E-state index contributed by atoms with van der Waals surface area (Å²) >= 11 is 0. The smallest absolute Gasteiger partial charge is 0.251 e. The first kappa shape index (κ1) is 24.7. The van der Waals surface area contributed by atoms with E-state index in [1.807, 2.05) is 32.9 Å². The number of rotatable bonds is 5. The molecule has 1 unspecified atom stereocenters. The number of ether oxygens (including phenoxy) is 1. The van der Waals surface area contributed by atoms with Crippen molar-refractivity contribution in [2.24, 2.45) is 5.92 Å². The summed E-state index contributed by atoms with van der Waals surface area (Å²) in [6.07, 6.45) is 1.07. The number of anilines is 1. The number of halogens is 1. The number of methoxy groups -OCH3 is 1. The summed E-state index contributed by atoms with van der Waals surface area (Å²) in [5, 5.41) is 5.57. The lowest BCUT2D eigenvalue weighted by Crippen LogP contribution is -2.46. The highest BCUT2D eigenvalue weighted by Crippen LogP contribution is 2.35. The van der Waals surface area contributed by atoms with Gasteiger partial charge < -0.3 is 20.3 Å². The minimum absolute atomic E-state index is 0.0612. The van der Waals surface area contributed by atoms with E-state index in [1.165, 1.54) is 6.07 Å². The molecule has 2 aromatic rings. The van der Waals surface area contributed by atoms with Gasteiger partial charge in [-0.3, -0.25) is 14.4 Å². The lowest BCUT2D eigenvalue weighted by molar-refractivity contribution is -0.140. The molecule has 4 rings (SSSR count).